The standard InChI is InChI=1S/C19H24Cl2N6O.HI/c1-22-18(28)14-5-3-4-13(10-14)6-7-25-19(23-2)26-9-8-24-17-16(21)11-15(20)12-27-17;/h3-5,10-12H,6-9H2,1-2H3,(H,22,28)(H,24,27)(H2,23,25,26);1H. The van der Waals surface area contributed by atoms with Gasteiger partial charge in [0.25, 0.3) is 5.91 Å². The first kappa shape index (κ1) is 25.3. The maximum atomic E-state index is 11.7. The number of hydrogen-bond donors (Lipinski definition) is 4. The number of anilines is 1. The number of amides is 1. The number of nitrogens with one attached hydrogen (secondary N) is 4. The number of carbonyl (C=O) groups is 1. The van der Waals surface area contributed by atoms with Crippen molar-refractivity contribution in [3.63, 3.8) is 0 Å². The molecule has 0 saturated carbocycles. The quantitative estimate of drug-likeness (QED) is 0.175. The fraction of sp³-hybridized carbons (Fsp3) is 0.316. The van der Waals surface area contributed by atoms with Crippen LogP contribution < -0.4 is 21.3 Å². The highest BCUT2D eigenvalue weighted by Crippen LogP contribution is 2.21. The van der Waals surface area contributed by atoms with Crippen molar-refractivity contribution in [1.29, 1.82) is 0 Å². The lowest BCUT2D eigenvalue weighted by atomic mass is 10.1. The number of benzene rings is 1. The zero-order valence-electron chi connectivity index (χ0n) is 16.3. The van der Waals surface area contributed by atoms with Crippen LogP contribution in [0.15, 0.2) is 41.5 Å². The molecule has 0 radical (unpaired) electrons. The first-order valence-electron chi connectivity index (χ1n) is 8.84. The molecule has 0 aliphatic heterocycles. The van der Waals surface area contributed by atoms with Crippen molar-refractivity contribution in [3.05, 3.63) is 57.7 Å². The number of hydrogen-bond acceptors (Lipinski definition) is 4. The molecule has 2 rings (SSSR count). The summed E-state index contributed by atoms with van der Waals surface area (Å²) >= 11 is 11.9. The van der Waals surface area contributed by atoms with Gasteiger partial charge in [-0.25, -0.2) is 4.98 Å². The summed E-state index contributed by atoms with van der Waals surface area (Å²) in [5.74, 6) is 1.20. The van der Waals surface area contributed by atoms with Gasteiger partial charge >= 0.3 is 0 Å². The van der Waals surface area contributed by atoms with Crippen LogP contribution in [0.25, 0.3) is 0 Å². The van der Waals surface area contributed by atoms with Gasteiger partial charge in [0.2, 0.25) is 0 Å². The smallest absolute Gasteiger partial charge is 0.251 e. The molecule has 29 heavy (non-hydrogen) atoms. The number of halogens is 3. The van der Waals surface area contributed by atoms with Gasteiger partial charge < -0.3 is 21.3 Å². The lowest BCUT2D eigenvalue weighted by Crippen LogP contribution is -2.40. The summed E-state index contributed by atoms with van der Waals surface area (Å²) < 4.78 is 0. The zero-order valence-corrected chi connectivity index (χ0v) is 20.1. The Morgan fingerprint density at radius 2 is 1.90 bits per heavy atom. The van der Waals surface area contributed by atoms with E-state index in [0.29, 0.717) is 47.0 Å². The second-order valence-corrected chi connectivity index (χ2v) is 6.71. The van der Waals surface area contributed by atoms with Crippen molar-refractivity contribution in [2.75, 3.05) is 39.0 Å². The molecule has 0 spiro atoms. The van der Waals surface area contributed by atoms with Crippen LogP contribution in [0.4, 0.5) is 5.82 Å². The predicted octanol–water partition coefficient (Wildman–Crippen LogP) is 3.19. The van der Waals surface area contributed by atoms with E-state index in [1.165, 1.54) is 0 Å². The number of aliphatic imine (C=N–C) groups is 1. The summed E-state index contributed by atoms with van der Waals surface area (Å²) in [6, 6.07) is 9.21. The van der Waals surface area contributed by atoms with Gasteiger partial charge in [-0.3, -0.25) is 9.79 Å². The molecular weight excluding hydrogens is 526 g/mol. The largest absolute Gasteiger partial charge is 0.367 e. The molecule has 1 aromatic carbocycles. The Balaban J connectivity index is 0.00000420. The Morgan fingerprint density at radius 3 is 2.59 bits per heavy atom. The third-order valence-electron chi connectivity index (χ3n) is 3.86. The Kier molecular flexibility index (Phi) is 11.7. The minimum absolute atomic E-state index is 0. The van der Waals surface area contributed by atoms with Crippen molar-refractivity contribution < 1.29 is 4.79 Å². The van der Waals surface area contributed by atoms with E-state index in [4.69, 9.17) is 23.2 Å². The van der Waals surface area contributed by atoms with Gasteiger partial charge in [0.1, 0.15) is 5.82 Å². The topological polar surface area (TPSA) is 90.4 Å². The van der Waals surface area contributed by atoms with E-state index >= 15 is 0 Å². The molecule has 1 amide bonds. The molecule has 7 nitrogen and oxygen atoms in total. The molecule has 0 bridgehead atoms. The number of guanidine groups is 1. The van der Waals surface area contributed by atoms with Crippen molar-refractivity contribution in [2.24, 2.45) is 4.99 Å². The zero-order chi connectivity index (χ0) is 20.4. The second-order valence-electron chi connectivity index (χ2n) is 5.87. The fourth-order valence-corrected chi connectivity index (χ4v) is 2.91. The highest BCUT2D eigenvalue weighted by molar-refractivity contribution is 14.0. The van der Waals surface area contributed by atoms with Crippen LogP contribution in [0.5, 0.6) is 0 Å². The lowest BCUT2D eigenvalue weighted by molar-refractivity contribution is 0.0963. The maximum absolute atomic E-state index is 11.7. The van der Waals surface area contributed by atoms with E-state index in [1.54, 1.807) is 32.4 Å². The molecule has 0 saturated heterocycles. The highest BCUT2D eigenvalue weighted by Gasteiger charge is 2.05. The average molecular weight is 551 g/mol. The summed E-state index contributed by atoms with van der Waals surface area (Å²) in [7, 11) is 3.34. The van der Waals surface area contributed by atoms with Crippen LogP contribution in [-0.4, -0.2) is 50.6 Å². The first-order valence-corrected chi connectivity index (χ1v) is 9.59. The average Bonchev–Trinajstić information content (AvgIpc) is 2.70. The molecule has 1 heterocycles. The first-order chi connectivity index (χ1) is 13.5. The van der Waals surface area contributed by atoms with Gasteiger partial charge in [-0.05, 0) is 30.2 Å². The SMILES string of the molecule is CN=C(NCCNc1ncc(Cl)cc1Cl)NCCc1cccc(C(=O)NC)c1.I. The third kappa shape index (κ3) is 8.63. The van der Waals surface area contributed by atoms with E-state index in [0.717, 1.165) is 12.0 Å². The van der Waals surface area contributed by atoms with E-state index < -0.39 is 0 Å². The van der Waals surface area contributed by atoms with E-state index in [2.05, 4.69) is 31.2 Å². The molecule has 2 aromatic rings. The molecule has 158 valence electrons. The summed E-state index contributed by atoms with van der Waals surface area (Å²) in [4.78, 5) is 20.0. The van der Waals surface area contributed by atoms with Crippen molar-refractivity contribution in [1.82, 2.24) is 20.9 Å². The van der Waals surface area contributed by atoms with Crippen molar-refractivity contribution >= 4 is 64.9 Å². The van der Waals surface area contributed by atoms with Crippen molar-refractivity contribution in [3.8, 4) is 0 Å². The number of carbonyl (C=O) groups excluding carboxylic acids is 1. The molecule has 0 aliphatic rings. The molecular formula is C19H25Cl2IN6O. The number of rotatable bonds is 8. The molecule has 0 unspecified atom stereocenters. The van der Waals surface area contributed by atoms with Gasteiger partial charge in [-0.15, -0.1) is 24.0 Å². The molecule has 0 fully saturated rings. The van der Waals surface area contributed by atoms with E-state index in [-0.39, 0.29) is 29.9 Å². The predicted molar refractivity (Wildman–Crippen MR) is 131 cm³/mol. The summed E-state index contributed by atoms with van der Waals surface area (Å²) in [5, 5.41) is 13.2. The summed E-state index contributed by atoms with van der Waals surface area (Å²) in [5.41, 5.74) is 1.73. The van der Waals surface area contributed by atoms with Gasteiger partial charge in [-0.1, -0.05) is 35.3 Å². The fourth-order valence-electron chi connectivity index (χ4n) is 2.46. The van der Waals surface area contributed by atoms with Crippen LogP contribution in [-0.2, 0) is 6.42 Å². The lowest BCUT2D eigenvalue weighted by Gasteiger charge is -2.13. The summed E-state index contributed by atoms with van der Waals surface area (Å²) in [6.45, 7) is 1.94. The Labute approximate surface area is 198 Å². The van der Waals surface area contributed by atoms with E-state index in [9.17, 15) is 4.79 Å². The van der Waals surface area contributed by atoms with Gasteiger partial charge in [0.15, 0.2) is 5.96 Å². The van der Waals surface area contributed by atoms with Crippen LogP contribution >= 0.6 is 47.2 Å². The molecule has 0 atom stereocenters. The van der Waals surface area contributed by atoms with Gasteiger partial charge in [-0.2, -0.15) is 0 Å². The minimum Gasteiger partial charge on any atom is -0.367 e. The van der Waals surface area contributed by atoms with Crippen LogP contribution in [0.2, 0.25) is 10.0 Å². The molecule has 10 heteroatoms. The highest BCUT2D eigenvalue weighted by atomic mass is 127. The number of pyridine rings is 1. The second kappa shape index (κ2) is 13.4. The van der Waals surface area contributed by atoms with Crippen LogP contribution in [0.1, 0.15) is 15.9 Å². The van der Waals surface area contributed by atoms with Crippen LogP contribution in [0, 0.1) is 0 Å². The van der Waals surface area contributed by atoms with E-state index in [1.807, 2.05) is 18.2 Å². The maximum Gasteiger partial charge on any atom is 0.251 e. The van der Waals surface area contributed by atoms with Crippen molar-refractivity contribution in [2.45, 2.75) is 6.42 Å². The minimum atomic E-state index is -0.0879. The monoisotopic (exact) mass is 550 g/mol. The Bertz CT molecular complexity index is 834. The number of nitrogens with zero attached hydrogens (tertiary/aromatic N) is 2. The summed E-state index contributed by atoms with van der Waals surface area (Å²) in [6.07, 6.45) is 2.32. The van der Waals surface area contributed by atoms with Gasteiger partial charge in [0, 0.05) is 45.5 Å². The molecule has 4 N–H and O–H groups in total. The van der Waals surface area contributed by atoms with Gasteiger partial charge in [0.05, 0.1) is 10.0 Å². The molecule has 0 aliphatic carbocycles. The molecule has 1 aromatic heterocycles. The van der Waals surface area contributed by atoms with Crippen LogP contribution in [0.3, 0.4) is 0 Å². The third-order valence-corrected chi connectivity index (χ3v) is 4.36. The Hall–Kier alpha value is -1.78. The Morgan fingerprint density at radius 1 is 1.14 bits per heavy atom. The normalized spacial score (nSPS) is 10.7. The number of aromatic nitrogens is 1.